The number of thiocarbonyl (C=S) groups is 1. The minimum absolute atomic E-state index is 0.104. The van der Waals surface area contributed by atoms with Gasteiger partial charge in [0.25, 0.3) is 5.91 Å². The molecule has 3 rings (SSSR count). The minimum Gasteiger partial charge on any atom is -0.493 e. The van der Waals surface area contributed by atoms with Crippen molar-refractivity contribution in [1.82, 2.24) is 4.90 Å². The summed E-state index contributed by atoms with van der Waals surface area (Å²) in [5.74, 6) is 0.939. The van der Waals surface area contributed by atoms with Crippen molar-refractivity contribution in [3.05, 3.63) is 51.9 Å². The number of thioether (sulfide) groups is 1. The van der Waals surface area contributed by atoms with E-state index in [0.717, 1.165) is 0 Å². The van der Waals surface area contributed by atoms with Crippen LogP contribution in [0.5, 0.6) is 17.2 Å². The molecule has 0 radical (unpaired) electrons. The number of hydrogen-bond donors (Lipinski definition) is 1. The molecule has 7 nitrogen and oxygen atoms in total. The lowest BCUT2D eigenvalue weighted by molar-refractivity contribution is -0.122. The summed E-state index contributed by atoms with van der Waals surface area (Å²) in [6, 6.07) is 10.3. The van der Waals surface area contributed by atoms with E-state index in [-0.39, 0.29) is 24.8 Å². The highest BCUT2D eigenvalue weighted by atomic mass is 35.5. The highest BCUT2D eigenvalue weighted by molar-refractivity contribution is 8.26. The Bertz CT molecular complexity index is 1050. The monoisotopic (exact) mass is 492 g/mol. The third kappa shape index (κ3) is 5.53. The third-order valence-electron chi connectivity index (χ3n) is 4.55. The van der Waals surface area contributed by atoms with Crippen LogP contribution in [0.1, 0.15) is 12.0 Å². The molecule has 1 aliphatic rings. The summed E-state index contributed by atoms with van der Waals surface area (Å²) in [6.45, 7) is 0.177. The van der Waals surface area contributed by atoms with Crippen molar-refractivity contribution in [2.75, 3.05) is 33.2 Å². The van der Waals surface area contributed by atoms with Gasteiger partial charge in [0.05, 0.1) is 26.2 Å². The Morgan fingerprint density at radius 3 is 2.31 bits per heavy atom. The van der Waals surface area contributed by atoms with Gasteiger partial charge >= 0.3 is 0 Å². The lowest BCUT2D eigenvalue weighted by Crippen LogP contribution is -2.31. The lowest BCUT2D eigenvalue weighted by atomic mass is 10.1. The summed E-state index contributed by atoms with van der Waals surface area (Å²) >= 11 is 12.4. The number of carbonyl (C=O) groups excluding carboxylic acids is 2. The number of amides is 2. The fourth-order valence-corrected chi connectivity index (χ4v) is 4.43. The summed E-state index contributed by atoms with van der Waals surface area (Å²) in [4.78, 5) is 27.0. The van der Waals surface area contributed by atoms with Crippen LogP contribution in [0.15, 0.2) is 41.3 Å². The van der Waals surface area contributed by atoms with E-state index >= 15 is 0 Å². The first-order chi connectivity index (χ1) is 15.4. The molecule has 0 unspecified atom stereocenters. The number of benzene rings is 2. The lowest BCUT2D eigenvalue weighted by Gasteiger charge is -2.14. The van der Waals surface area contributed by atoms with Crippen LogP contribution in [0.2, 0.25) is 5.02 Å². The average Bonchev–Trinajstić information content (AvgIpc) is 3.05. The second-order valence-electron chi connectivity index (χ2n) is 6.60. The van der Waals surface area contributed by atoms with Gasteiger partial charge in [-0.1, -0.05) is 35.6 Å². The molecule has 0 bridgehead atoms. The molecule has 10 heteroatoms. The molecule has 2 aromatic carbocycles. The van der Waals surface area contributed by atoms with Crippen molar-refractivity contribution < 1.29 is 23.8 Å². The average molecular weight is 493 g/mol. The molecule has 32 heavy (non-hydrogen) atoms. The largest absolute Gasteiger partial charge is 0.493 e. The van der Waals surface area contributed by atoms with Gasteiger partial charge in [-0.05, 0) is 48.0 Å². The molecule has 0 aromatic heterocycles. The van der Waals surface area contributed by atoms with Crippen molar-refractivity contribution in [1.29, 1.82) is 0 Å². The van der Waals surface area contributed by atoms with Gasteiger partial charge in [-0.15, -0.1) is 0 Å². The molecular weight excluding hydrogens is 472 g/mol. The number of hydrogen-bond acceptors (Lipinski definition) is 7. The molecule has 0 spiro atoms. The Hall–Kier alpha value is -2.75. The van der Waals surface area contributed by atoms with Gasteiger partial charge in [-0.3, -0.25) is 14.5 Å². The Kier molecular flexibility index (Phi) is 8.00. The fraction of sp³-hybridized carbons (Fsp3) is 0.227. The number of nitrogens with one attached hydrogen (secondary N) is 1. The molecule has 168 valence electrons. The SMILES string of the molecule is COc1cc(C=C2SC(=S)N(CCC(=O)Nc3ccc(Cl)cc3)C2=O)cc(OC)c1OC. The van der Waals surface area contributed by atoms with Gasteiger partial charge < -0.3 is 19.5 Å². The number of carbonyl (C=O) groups is 2. The molecule has 1 saturated heterocycles. The molecule has 1 N–H and O–H groups in total. The van der Waals surface area contributed by atoms with E-state index in [1.165, 1.54) is 38.0 Å². The topological polar surface area (TPSA) is 77.1 Å². The van der Waals surface area contributed by atoms with Gasteiger partial charge in [0.2, 0.25) is 11.7 Å². The zero-order chi connectivity index (χ0) is 23.3. The van der Waals surface area contributed by atoms with Crippen LogP contribution < -0.4 is 19.5 Å². The molecule has 0 atom stereocenters. The summed E-state index contributed by atoms with van der Waals surface area (Å²) in [7, 11) is 4.57. The highest BCUT2D eigenvalue weighted by Crippen LogP contribution is 2.40. The molecule has 1 heterocycles. The Morgan fingerprint density at radius 1 is 1.12 bits per heavy atom. The van der Waals surface area contributed by atoms with Crippen LogP contribution in [-0.4, -0.2) is 48.9 Å². The van der Waals surface area contributed by atoms with Crippen molar-refractivity contribution in [2.45, 2.75) is 6.42 Å². The molecule has 0 aliphatic carbocycles. The number of rotatable bonds is 8. The predicted octanol–water partition coefficient (Wildman–Crippen LogP) is 4.60. The summed E-state index contributed by atoms with van der Waals surface area (Å²) in [5, 5.41) is 3.35. The number of halogens is 1. The number of nitrogens with zero attached hydrogens (tertiary/aromatic N) is 1. The number of ether oxygens (including phenoxy) is 3. The molecule has 2 aromatic rings. The van der Waals surface area contributed by atoms with E-state index < -0.39 is 0 Å². The Morgan fingerprint density at radius 2 is 1.75 bits per heavy atom. The number of methoxy groups -OCH3 is 3. The quantitative estimate of drug-likeness (QED) is 0.426. The molecule has 1 fully saturated rings. The predicted molar refractivity (Wildman–Crippen MR) is 131 cm³/mol. The number of anilines is 1. The van der Waals surface area contributed by atoms with Crippen molar-refractivity contribution in [2.24, 2.45) is 0 Å². The second kappa shape index (κ2) is 10.7. The summed E-state index contributed by atoms with van der Waals surface area (Å²) < 4.78 is 16.4. The van der Waals surface area contributed by atoms with Crippen molar-refractivity contribution in [3.8, 4) is 17.2 Å². The first kappa shape index (κ1) is 23.9. The van der Waals surface area contributed by atoms with Gasteiger partial charge in [0.1, 0.15) is 4.32 Å². The van der Waals surface area contributed by atoms with Crippen molar-refractivity contribution >= 4 is 63.5 Å². The Labute approximate surface area is 200 Å². The van der Waals surface area contributed by atoms with Gasteiger partial charge in [0.15, 0.2) is 11.5 Å². The summed E-state index contributed by atoms with van der Waals surface area (Å²) in [6.07, 6.45) is 1.81. The van der Waals surface area contributed by atoms with E-state index in [0.29, 0.717) is 42.7 Å². The van der Waals surface area contributed by atoms with Crippen LogP contribution in [-0.2, 0) is 9.59 Å². The van der Waals surface area contributed by atoms with E-state index in [4.69, 9.17) is 38.0 Å². The first-order valence-electron chi connectivity index (χ1n) is 9.47. The zero-order valence-electron chi connectivity index (χ0n) is 17.6. The summed E-state index contributed by atoms with van der Waals surface area (Å²) in [5.41, 5.74) is 1.33. The van der Waals surface area contributed by atoms with Gasteiger partial charge in [-0.2, -0.15) is 0 Å². The maximum Gasteiger partial charge on any atom is 0.266 e. The molecule has 2 amide bonds. The van der Waals surface area contributed by atoms with Crippen LogP contribution in [0.4, 0.5) is 5.69 Å². The van der Waals surface area contributed by atoms with Crippen LogP contribution in [0.3, 0.4) is 0 Å². The maximum atomic E-state index is 12.9. The van der Waals surface area contributed by atoms with Crippen LogP contribution in [0, 0.1) is 0 Å². The maximum absolute atomic E-state index is 12.9. The van der Waals surface area contributed by atoms with E-state index in [1.807, 2.05) is 0 Å². The van der Waals surface area contributed by atoms with Gasteiger partial charge in [0, 0.05) is 23.7 Å². The minimum atomic E-state index is -0.256. The van der Waals surface area contributed by atoms with Gasteiger partial charge in [-0.25, -0.2) is 0 Å². The zero-order valence-corrected chi connectivity index (χ0v) is 20.0. The normalized spacial score (nSPS) is 14.6. The molecule has 0 saturated carbocycles. The van der Waals surface area contributed by atoms with E-state index in [2.05, 4.69) is 5.32 Å². The standard InChI is InChI=1S/C22H21ClN2O5S2/c1-28-16-10-13(11-17(29-2)20(16)30-3)12-18-21(27)25(22(31)32-18)9-8-19(26)24-15-6-4-14(23)5-7-15/h4-7,10-12H,8-9H2,1-3H3,(H,24,26). The third-order valence-corrected chi connectivity index (χ3v) is 6.18. The first-order valence-corrected chi connectivity index (χ1v) is 11.1. The van der Waals surface area contributed by atoms with Crippen LogP contribution >= 0.6 is 35.6 Å². The molecule has 1 aliphatic heterocycles. The fourth-order valence-electron chi connectivity index (χ4n) is 3.00. The Balaban J connectivity index is 1.69. The molecular formula is C22H21ClN2O5S2. The highest BCUT2D eigenvalue weighted by Gasteiger charge is 2.32. The smallest absolute Gasteiger partial charge is 0.266 e. The van der Waals surface area contributed by atoms with Crippen molar-refractivity contribution in [3.63, 3.8) is 0 Å². The van der Waals surface area contributed by atoms with Crippen LogP contribution in [0.25, 0.3) is 6.08 Å². The van der Waals surface area contributed by atoms with E-state index in [1.54, 1.807) is 42.5 Å². The second-order valence-corrected chi connectivity index (χ2v) is 8.71. The van der Waals surface area contributed by atoms with E-state index in [9.17, 15) is 9.59 Å².